The number of nitrogens with one attached hydrogen (secondary N) is 2. The van der Waals surface area contributed by atoms with E-state index in [1.807, 2.05) is 24.3 Å². The monoisotopic (exact) mass is 393 g/mol. The summed E-state index contributed by atoms with van der Waals surface area (Å²) in [5, 5.41) is 3.25. The third kappa shape index (κ3) is 4.88. The quantitative estimate of drug-likeness (QED) is 0.671. The van der Waals surface area contributed by atoms with Crippen molar-refractivity contribution in [3.63, 3.8) is 0 Å². The molecule has 0 bridgehead atoms. The number of aromatic nitrogens is 2. The van der Waals surface area contributed by atoms with Crippen molar-refractivity contribution >= 4 is 16.8 Å². The van der Waals surface area contributed by atoms with E-state index in [0.717, 1.165) is 37.2 Å². The van der Waals surface area contributed by atoms with Gasteiger partial charge in [0.25, 0.3) is 11.5 Å². The summed E-state index contributed by atoms with van der Waals surface area (Å²) >= 11 is 0. The Labute approximate surface area is 168 Å². The van der Waals surface area contributed by atoms with Gasteiger partial charge < -0.3 is 19.8 Å². The van der Waals surface area contributed by atoms with Gasteiger partial charge in [-0.1, -0.05) is 36.4 Å². The highest BCUT2D eigenvalue weighted by atomic mass is 16.5. The highest BCUT2D eigenvalue weighted by molar-refractivity contribution is 5.92. The standard InChI is InChI=1S/C22H23N3O4/c26-21-18-3-1-2-4-19(18)24-20(25-21)22(27)23-13-15-5-7-16(8-6-15)14-29-17-9-11-28-12-10-17/h1-8,17H,9-14H2,(H,23,27)(H,24,25,26). The third-order valence-electron chi connectivity index (χ3n) is 4.96. The van der Waals surface area contributed by atoms with E-state index in [0.29, 0.717) is 24.1 Å². The lowest BCUT2D eigenvalue weighted by atomic mass is 10.1. The number of hydrogen-bond donors (Lipinski definition) is 2. The van der Waals surface area contributed by atoms with E-state index < -0.39 is 5.91 Å². The molecule has 2 heterocycles. The molecule has 0 aliphatic carbocycles. The van der Waals surface area contributed by atoms with Crippen molar-refractivity contribution in [3.05, 3.63) is 75.8 Å². The SMILES string of the molecule is O=C(NCc1ccc(COC2CCOCC2)cc1)c1nc2ccccc2c(=O)[nH]1. The van der Waals surface area contributed by atoms with E-state index in [4.69, 9.17) is 9.47 Å². The average molecular weight is 393 g/mol. The molecule has 1 aliphatic heterocycles. The van der Waals surface area contributed by atoms with Crippen LogP contribution in [0.4, 0.5) is 0 Å². The summed E-state index contributed by atoms with van der Waals surface area (Å²) in [6.45, 7) is 2.44. The third-order valence-corrected chi connectivity index (χ3v) is 4.96. The second-order valence-electron chi connectivity index (χ2n) is 7.05. The zero-order valence-electron chi connectivity index (χ0n) is 16.0. The number of nitrogens with zero attached hydrogens (tertiary/aromatic N) is 1. The van der Waals surface area contributed by atoms with Crippen LogP contribution in [0.25, 0.3) is 10.9 Å². The topological polar surface area (TPSA) is 93.3 Å². The van der Waals surface area contributed by atoms with Gasteiger partial charge >= 0.3 is 0 Å². The van der Waals surface area contributed by atoms with Crippen LogP contribution in [0.15, 0.2) is 53.3 Å². The molecule has 7 heteroatoms. The van der Waals surface area contributed by atoms with Gasteiger partial charge in [0.2, 0.25) is 0 Å². The predicted molar refractivity (Wildman–Crippen MR) is 109 cm³/mol. The lowest BCUT2D eigenvalue weighted by molar-refractivity contribution is -0.0390. The number of rotatable bonds is 6. The van der Waals surface area contributed by atoms with Crippen molar-refractivity contribution in [2.75, 3.05) is 13.2 Å². The molecule has 0 spiro atoms. The molecular formula is C22H23N3O4. The van der Waals surface area contributed by atoms with Crippen molar-refractivity contribution in [1.82, 2.24) is 15.3 Å². The van der Waals surface area contributed by atoms with Crippen LogP contribution >= 0.6 is 0 Å². The number of carbonyl (C=O) groups is 1. The predicted octanol–water partition coefficient (Wildman–Crippen LogP) is 2.55. The van der Waals surface area contributed by atoms with Crippen molar-refractivity contribution in [2.24, 2.45) is 0 Å². The molecule has 0 saturated carbocycles. The van der Waals surface area contributed by atoms with Gasteiger partial charge in [-0.15, -0.1) is 0 Å². The van der Waals surface area contributed by atoms with E-state index in [9.17, 15) is 9.59 Å². The Morgan fingerprint density at radius 1 is 1.10 bits per heavy atom. The molecule has 1 amide bonds. The molecule has 2 N–H and O–H groups in total. The van der Waals surface area contributed by atoms with Crippen LogP contribution in [0.3, 0.4) is 0 Å². The zero-order valence-corrected chi connectivity index (χ0v) is 16.0. The van der Waals surface area contributed by atoms with Gasteiger partial charge in [-0.2, -0.15) is 0 Å². The van der Waals surface area contributed by atoms with E-state index in [-0.39, 0.29) is 17.5 Å². The molecule has 3 aromatic rings. The fraction of sp³-hybridized carbons (Fsp3) is 0.318. The summed E-state index contributed by atoms with van der Waals surface area (Å²) in [7, 11) is 0. The molecule has 0 atom stereocenters. The molecule has 1 saturated heterocycles. The lowest BCUT2D eigenvalue weighted by Gasteiger charge is -2.22. The molecule has 7 nitrogen and oxygen atoms in total. The summed E-state index contributed by atoms with van der Waals surface area (Å²) in [4.78, 5) is 31.3. The molecule has 0 unspecified atom stereocenters. The van der Waals surface area contributed by atoms with Crippen LogP contribution in [0.5, 0.6) is 0 Å². The molecular weight excluding hydrogens is 370 g/mol. The number of carbonyl (C=O) groups excluding carboxylic acids is 1. The first-order valence-corrected chi connectivity index (χ1v) is 9.73. The maximum Gasteiger partial charge on any atom is 0.287 e. The van der Waals surface area contributed by atoms with Crippen molar-refractivity contribution in [3.8, 4) is 0 Å². The van der Waals surface area contributed by atoms with Crippen molar-refractivity contribution < 1.29 is 14.3 Å². The second-order valence-corrected chi connectivity index (χ2v) is 7.05. The van der Waals surface area contributed by atoms with Crippen LogP contribution < -0.4 is 10.9 Å². The molecule has 1 fully saturated rings. The first-order valence-electron chi connectivity index (χ1n) is 9.73. The minimum absolute atomic E-state index is 0.00943. The Hall–Kier alpha value is -3.03. The molecule has 0 radical (unpaired) electrons. The Balaban J connectivity index is 1.32. The number of fused-ring (bicyclic) bond motifs is 1. The van der Waals surface area contributed by atoms with E-state index in [1.165, 1.54) is 0 Å². The molecule has 1 aromatic heterocycles. The Morgan fingerprint density at radius 3 is 2.62 bits per heavy atom. The van der Waals surface area contributed by atoms with Crippen LogP contribution in [0.1, 0.15) is 34.6 Å². The van der Waals surface area contributed by atoms with Crippen LogP contribution in [0, 0.1) is 0 Å². The van der Waals surface area contributed by atoms with E-state index in [2.05, 4.69) is 15.3 Å². The van der Waals surface area contributed by atoms with E-state index in [1.54, 1.807) is 24.3 Å². The minimum Gasteiger partial charge on any atom is -0.381 e. The number of amides is 1. The lowest BCUT2D eigenvalue weighted by Crippen LogP contribution is -2.27. The van der Waals surface area contributed by atoms with Gasteiger partial charge in [0.1, 0.15) is 0 Å². The molecule has 150 valence electrons. The van der Waals surface area contributed by atoms with E-state index >= 15 is 0 Å². The summed E-state index contributed by atoms with van der Waals surface area (Å²) in [5.74, 6) is -0.407. The van der Waals surface area contributed by atoms with Gasteiger partial charge in [0, 0.05) is 19.8 Å². The average Bonchev–Trinajstić information content (AvgIpc) is 2.77. The number of hydrogen-bond acceptors (Lipinski definition) is 5. The number of para-hydroxylation sites is 1. The Kier molecular flexibility index (Phi) is 5.97. The van der Waals surface area contributed by atoms with Crippen LogP contribution in [0.2, 0.25) is 0 Å². The molecule has 1 aliphatic rings. The van der Waals surface area contributed by atoms with Gasteiger partial charge in [0.15, 0.2) is 5.82 Å². The summed E-state index contributed by atoms with van der Waals surface area (Å²) in [6, 6.07) is 14.8. The Morgan fingerprint density at radius 2 is 1.83 bits per heavy atom. The second kappa shape index (κ2) is 8.98. The highest BCUT2D eigenvalue weighted by Gasteiger charge is 2.14. The van der Waals surface area contributed by atoms with Gasteiger partial charge in [-0.05, 0) is 36.1 Å². The summed E-state index contributed by atoms with van der Waals surface area (Å²) in [6.07, 6.45) is 2.14. The van der Waals surface area contributed by atoms with Gasteiger partial charge in [0.05, 0.1) is 23.6 Å². The Bertz CT molecular complexity index is 1040. The number of aromatic amines is 1. The first kappa shape index (κ1) is 19.3. The molecule has 4 rings (SSSR count). The van der Waals surface area contributed by atoms with Gasteiger partial charge in [-0.3, -0.25) is 9.59 Å². The van der Waals surface area contributed by atoms with Crippen LogP contribution in [-0.2, 0) is 22.6 Å². The zero-order chi connectivity index (χ0) is 20.1. The summed E-state index contributed by atoms with van der Waals surface area (Å²) < 4.78 is 11.3. The fourth-order valence-electron chi connectivity index (χ4n) is 3.27. The highest BCUT2D eigenvalue weighted by Crippen LogP contribution is 2.14. The normalized spacial score (nSPS) is 14.8. The largest absolute Gasteiger partial charge is 0.381 e. The fourth-order valence-corrected chi connectivity index (χ4v) is 3.27. The van der Waals surface area contributed by atoms with Gasteiger partial charge in [-0.25, -0.2) is 4.98 Å². The number of H-pyrrole nitrogens is 1. The smallest absolute Gasteiger partial charge is 0.287 e. The van der Waals surface area contributed by atoms with Crippen molar-refractivity contribution in [2.45, 2.75) is 32.1 Å². The minimum atomic E-state index is -0.417. The maximum absolute atomic E-state index is 12.4. The molecule has 2 aromatic carbocycles. The number of ether oxygens (including phenoxy) is 2. The summed E-state index contributed by atoms with van der Waals surface area (Å²) in [5.41, 5.74) is 2.22. The van der Waals surface area contributed by atoms with Crippen LogP contribution in [-0.4, -0.2) is 35.2 Å². The maximum atomic E-state index is 12.4. The van der Waals surface area contributed by atoms with Crippen molar-refractivity contribution in [1.29, 1.82) is 0 Å². The first-order chi connectivity index (χ1) is 14.2. The molecule has 29 heavy (non-hydrogen) atoms. The number of benzene rings is 2.